The SMILES string of the molecule is CS(=O)(=O)c1ccc(-n2cc(/C=C/C(=O)c3ccc(NC(=O)Nc4ccccc4)cc3)c(-c3ccc([N+](=O)[O-])cc3)n2)cc1. The quantitative estimate of drug-likeness (QED) is 0.0852. The third-order valence-corrected chi connectivity index (χ3v) is 7.63. The van der Waals surface area contributed by atoms with E-state index in [0.29, 0.717) is 39.4 Å². The minimum absolute atomic E-state index is 0.0766. The second kappa shape index (κ2) is 12.5. The van der Waals surface area contributed by atoms with Gasteiger partial charge in [0.15, 0.2) is 15.6 Å². The highest BCUT2D eigenvalue weighted by Gasteiger charge is 2.14. The second-order valence-electron chi connectivity index (χ2n) is 9.67. The molecule has 1 aromatic heterocycles. The number of aromatic nitrogens is 2. The molecule has 220 valence electrons. The van der Waals surface area contributed by atoms with E-state index in [1.165, 1.54) is 35.0 Å². The molecular weight excluding hydrogens is 582 g/mol. The number of rotatable bonds is 9. The van der Waals surface area contributed by atoms with Gasteiger partial charge in [0.2, 0.25) is 0 Å². The summed E-state index contributed by atoms with van der Waals surface area (Å²) >= 11 is 0. The first-order valence-corrected chi connectivity index (χ1v) is 15.1. The van der Waals surface area contributed by atoms with Crippen LogP contribution in [0.25, 0.3) is 23.0 Å². The maximum absolute atomic E-state index is 13.0. The molecule has 0 unspecified atom stereocenters. The number of carbonyl (C=O) groups excluding carboxylic acids is 2. The average Bonchev–Trinajstić information content (AvgIpc) is 3.44. The fourth-order valence-electron chi connectivity index (χ4n) is 4.25. The van der Waals surface area contributed by atoms with Crippen molar-refractivity contribution in [2.45, 2.75) is 4.90 Å². The van der Waals surface area contributed by atoms with Gasteiger partial charge in [-0.15, -0.1) is 0 Å². The van der Waals surface area contributed by atoms with E-state index < -0.39 is 20.8 Å². The Morgan fingerprint density at radius 1 is 0.841 bits per heavy atom. The molecule has 0 aliphatic rings. The summed E-state index contributed by atoms with van der Waals surface area (Å²) in [6.07, 6.45) is 5.77. The van der Waals surface area contributed by atoms with E-state index >= 15 is 0 Å². The summed E-state index contributed by atoms with van der Waals surface area (Å²) in [5.41, 5.74) is 3.62. The molecule has 0 spiro atoms. The average molecular weight is 608 g/mol. The lowest BCUT2D eigenvalue weighted by molar-refractivity contribution is -0.384. The van der Waals surface area contributed by atoms with Gasteiger partial charge in [-0.25, -0.2) is 17.9 Å². The lowest BCUT2D eigenvalue weighted by Gasteiger charge is -2.07. The number of benzene rings is 4. The molecule has 0 fully saturated rings. The molecule has 0 saturated heterocycles. The molecule has 5 rings (SSSR count). The highest BCUT2D eigenvalue weighted by molar-refractivity contribution is 7.90. The van der Waals surface area contributed by atoms with Crippen molar-refractivity contribution in [3.05, 3.63) is 137 Å². The Kier molecular flexibility index (Phi) is 8.44. The molecule has 0 saturated carbocycles. The van der Waals surface area contributed by atoms with Gasteiger partial charge in [-0.05, 0) is 84.9 Å². The van der Waals surface area contributed by atoms with Crippen LogP contribution in [0.2, 0.25) is 0 Å². The maximum atomic E-state index is 13.0. The number of nitro benzene ring substituents is 1. The molecule has 2 amide bonds. The van der Waals surface area contributed by atoms with Gasteiger partial charge < -0.3 is 10.6 Å². The third kappa shape index (κ3) is 7.12. The van der Waals surface area contributed by atoms with Crippen LogP contribution < -0.4 is 10.6 Å². The number of sulfone groups is 1. The molecule has 4 aromatic carbocycles. The highest BCUT2D eigenvalue weighted by atomic mass is 32.2. The molecule has 0 radical (unpaired) electrons. The first-order chi connectivity index (χ1) is 21.1. The van der Waals surface area contributed by atoms with E-state index in [-0.39, 0.29) is 16.4 Å². The van der Waals surface area contributed by atoms with E-state index in [4.69, 9.17) is 0 Å². The molecule has 2 N–H and O–H groups in total. The number of urea groups is 1. The minimum atomic E-state index is -3.38. The van der Waals surface area contributed by atoms with Crippen LogP contribution in [-0.4, -0.2) is 41.2 Å². The lowest BCUT2D eigenvalue weighted by Crippen LogP contribution is -2.19. The molecule has 12 heteroatoms. The van der Waals surface area contributed by atoms with Crippen LogP contribution in [0, 0.1) is 10.1 Å². The van der Waals surface area contributed by atoms with E-state index in [1.54, 1.807) is 72.9 Å². The number of allylic oxidation sites excluding steroid dienone is 1. The first kappa shape index (κ1) is 29.6. The van der Waals surface area contributed by atoms with Crippen LogP contribution in [-0.2, 0) is 9.84 Å². The fourth-order valence-corrected chi connectivity index (χ4v) is 4.88. The number of carbonyl (C=O) groups is 2. The molecule has 44 heavy (non-hydrogen) atoms. The molecule has 0 aliphatic carbocycles. The summed E-state index contributed by atoms with van der Waals surface area (Å²) < 4.78 is 25.3. The highest BCUT2D eigenvalue weighted by Crippen LogP contribution is 2.27. The van der Waals surface area contributed by atoms with Gasteiger partial charge in [-0.3, -0.25) is 14.9 Å². The Morgan fingerprint density at radius 3 is 2.05 bits per heavy atom. The van der Waals surface area contributed by atoms with Gasteiger partial charge in [-0.2, -0.15) is 5.10 Å². The van der Waals surface area contributed by atoms with Crippen LogP contribution in [0.1, 0.15) is 15.9 Å². The number of anilines is 2. The van der Waals surface area contributed by atoms with E-state index in [2.05, 4.69) is 15.7 Å². The summed E-state index contributed by atoms with van der Waals surface area (Å²) in [6, 6.07) is 27.0. The van der Waals surface area contributed by atoms with Crippen molar-refractivity contribution >= 4 is 44.8 Å². The summed E-state index contributed by atoms with van der Waals surface area (Å²) in [4.78, 5) is 36.1. The van der Waals surface area contributed by atoms with Crippen LogP contribution in [0.4, 0.5) is 21.9 Å². The molecule has 0 atom stereocenters. The Balaban J connectivity index is 1.37. The van der Waals surface area contributed by atoms with Crippen LogP contribution in [0.15, 0.2) is 120 Å². The van der Waals surface area contributed by atoms with Gasteiger partial charge in [0, 0.05) is 52.7 Å². The van der Waals surface area contributed by atoms with Crippen molar-refractivity contribution in [3.63, 3.8) is 0 Å². The molecule has 5 aromatic rings. The van der Waals surface area contributed by atoms with Gasteiger partial charge in [0.05, 0.1) is 21.2 Å². The predicted octanol–water partition coefficient (Wildman–Crippen LogP) is 6.39. The summed E-state index contributed by atoms with van der Waals surface area (Å²) in [5, 5.41) is 21.2. The van der Waals surface area contributed by atoms with Crippen LogP contribution in [0.5, 0.6) is 0 Å². The van der Waals surface area contributed by atoms with Crippen LogP contribution >= 0.6 is 0 Å². The molecule has 1 heterocycles. The topological polar surface area (TPSA) is 153 Å². The third-order valence-electron chi connectivity index (χ3n) is 6.50. The summed E-state index contributed by atoms with van der Waals surface area (Å²) in [5.74, 6) is -0.301. The standard InChI is InChI=1S/C32H25N5O6S/c1-44(42,43)29-18-16-27(17-19-29)36-21-24(31(35-36)23-9-14-28(15-10-23)37(40)41)11-20-30(38)22-7-12-26(13-8-22)34-32(39)33-25-5-3-2-4-6-25/h2-21H,1H3,(H2,33,34,39)/b20-11+. The van der Waals surface area contributed by atoms with Crippen molar-refractivity contribution in [2.75, 3.05) is 16.9 Å². The number of nitro groups is 1. The van der Waals surface area contributed by atoms with Crippen LogP contribution in [0.3, 0.4) is 0 Å². The van der Waals surface area contributed by atoms with Gasteiger partial charge in [0.1, 0.15) is 0 Å². The number of nitrogens with zero attached hydrogens (tertiary/aromatic N) is 3. The number of para-hydroxylation sites is 1. The summed E-state index contributed by atoms with van der Waals surface area (Å²) in [7, 11) is -3.38. The Bertz CT molecular complexity index is 1970. The van der Waals surface area contributed by atoms with Crippen molar-refractivity contribution in [1.82, 2.24) is 9.78 Å². The zero-order valence-electron chi connectivity index (χ0n) is 23.2. The summed E-state index contributed by atoms with van der Waals surface area (Å²) in [6.45, 7) is 0. The number of hydrogen-bond acceptors (Lipinski definition) is 7. The molecule has 0 bridgehead atoms. The fraction of sp³-hybridized carbons (Fsp3) is 0.0312. The van der Waals surface area contributed by atoms with Crippen molar-refractivity contribution in [3.8, 4) is 16.9 Å². The van der Waals surface area contributed by atoms with Crippen molar-refractivity contribution in [1.29, 1.82) is 0 Å². The molecule has 0 aliphatic heterocycles. The van der Waals surface area contributed by atoms with Crippen molar-refractivity contribution < 1.29 is 22.9 Å². The van der Waals surface area contributed by atoms with Gasteiger partial charge >= 0.3 is 6.03 Å². The van der Waals surface area contributed by atoms with E-state index in [1.807, 2.05) is 18.2 Å². The number of non-ortho nitro benzene ring substituents is 1. The normalized spacial score (nSPS) is 11.3. The van der Waals surface area contributed by atoms with Crippen molar-refractivity contribution in [2.24, 2.45) is 0 Å². The first-order valence-electron chi connectivity index (χ1n) is 13.2. The number of hydrogen-bond donors (Lipinski definition) is 2. The largest absolute Gasteiger partial charge is 0.323 e. The lowest BCUT2D eigenvalue weighted by atomic mass is 10.1. The van der Waals surface area contributed by atoms with Gasteiger partial charge in [-0.1, -0.05) is 18.2 Å². The Hall–Kier alpha value is -5.88. The zero-order chi connectivity index (χ0) is 31.3. The van der Waals surface area contributed by atoms with E-state index in [0.717, 1.165) is 6.26 Å². The molecule has 11 nitrogen and oxygen atoms in total. The maximum Gasteiger partial charge on any atom is 0.323 e. The van der Waals surface area contributed by atoms with E-state index in [9.17, 15) is 28.1 Å². The minimum Gasteiger partial charge on any atom is -0.308 e. The molecular formula is C32H25N5O6S. The monoisotopic (exact) mass is 607 g/mol. The predicted molar refractivity (Wildman–Crippen MR) is 168 cm³/mol. The second-order valence-corrected chi connectivity index (χ2v) is 11.7. The van der Waals surface area contributed by atoms with Gasteiger partial charge in [0.25, 0.3) is 5.69 Å². The smallest absolute Gasteiger partial charge is 0.308 e. The Morgan fingerprint density at radius 2 is 1.45 bits per heavy atom. The number of nitrogens with one attached hydrogen (secondary N) is 2. The zero-order valence-corrected chi connectivity index (χ0v) is 24.1. The Labute approximate surface area is 252 Å². The number of ketones is 1. The number of amides is 2.